The van der Waals surface area contributed by atoms with E-state index in [2.05, 4.69) is 52.0 Å². The Morgan fingerprint density at radius 2 is 1.62 bits per heavy atom. The Bertz CT molecular complexity index is 892. The fraction of sp³-hybridized carbons (Fsp3) is 0.292. The van der Waals surface area contributed by atoms with Crippen molar-refractivity contribution in [2.75, 3.05) is 0 Å². The molecule has 0 saturated carbocycles. The highest BCUT2D eigenvalue weighted by Crippen LogP contribution is 2.43. The quantitative estimate of drug-likeness (QED) is 0.651. The summed E-state index contributed by atoms with van der Waals surface area (Å²) in [4.78, 5) is 10.9. The smallest absolute Gasteiger partial charge is 0.335 e. The fourth-order valence-electron chi connectivity index (χ4n) is 3.66. The number of carbonyl (C=O) groups is 1. The molecule has 2 heteroatoms. The van der Waals surface area contributed by atoms with E-state index >= 15 is 0 Å². The van der Waals surface area contributed by atoms with Crippen LogP contribution in [-0.2, 0) is 5.41 Å². The standard InChI is InChI=1S/C24H26O2/c1-16(2)20-13-14-24(3,4)22-12-9-18(15-21(20)22)6-5-17-7-10-19(11-8-17)23(25)26/h5-12,15H,13-14H2,1-4H3,(H,25,26)/b6-5+. The lowest BCUT2D eigenvalue weighted by molar-refractivity contribution is 0.0697. The van der Waals surface area contributed by atoms with E-state index in [0.717, 1.165) is 12.0 Å². The maximum atomic E-state index is 10.9. The summed E-state index contributed by atoms with van der Waals surface area (Å²) in [6.45, 7) is 9.05. The zero-order valence-electron chi connectivity index (χ0n) is 16.0. The number of hydrogen-bond acceptors (Lipinski definition) is 1. The molecule has 134 valence electrons. The minimum atomic E-state index is -0.896. The first-order chi connectivity index (χ1) is 12.3. The molecule has 26 heavy (non-hydrogen) atoms. The van der Waals surface area contributed by atoms with Crippen LogP contribution in [0.5, 0.6) is 0 Å². The third-order valence-electron chi connectivity index (χ3n) is 5.33. The fourth-order valence-corrected chi connectivity index (χ4v) is 3.66. The SMILES string of the molecule is CC(C)=C1CCC(C)(C)c2ccc(/C=C/c3ccc(C(=O)O)cc3)cc21. The summed E-state index contributed by atoms with van der Waals surface area (Å²) in [5.74, 6) is -0.896. The Morgan fingerprint density at radius 1 is 1.00 bits per heavy atom. The highest BCUT2D eigenvalue weighted by atomic mass is 16.4. The average molecular weight is 346 g/mol. The molecule has 0 unspecified atom stereocenters. The second kappa shape index (κ2) is 6.95. The Balaban J connectivity index is 1.94. The number of carboxylic acid groups (broad SMARTS) is 1. The van der Waals surface area contributed by atoms with Gasteiger partial charge in [0.1, 0.15) is 0 Å². The van der Waals surface area contributed by atoms with Crippen molar-refractivity contribution in [1.82, 2.24) is 0 Å². The van der Waals surface area contributed by atoms with Crippen molar-refractivity contribution in [3.05, 3.63) is 75.9 Å². The molecule has 0 aliphatic heterocycles. The maximum Gasteiger partial charge on any atom is 0.335 e. The molecule has 0 heterocycles. The molecular formula is C24H26O2. The maximum absolute atomic E-state index is 10.9. The summed E-state index contributed by atoms with van der Waals surface area (Å²) in [6.07, 6.45) is 6.45. The summed E-state index contributed by atoms with van der Waals surface area (Å²) >= 11 is 0. The third-order valence-corrected chi connectivity index (χ3v) is 5.33. The first-order valence-corrected chi connectivity index (χ1v) is 9.10. The molecule has 1 aliphatic rings. The molecule has 0 bridgehead atoms. The molecule has 1 aliphatic carbocycles. The van der Waals surface area contributed by atoms with Gasteiger partial charge in [-0.1, -0.05) is 55.8 Å². The minimum Gasteiger partial charge on any atom is -0.478 e. The highest BCUT2D eigenvalue weighted by Gasteiger charge is 2.29. The van der Waals surface area contributed by atoms with Crippen molar-refractivity contribution in [3.63, 3.8) is 0 Å². The normalized spacial score (nSPS) is 15.8. The van der Waals surface area contributed by atoms with Crippen LogP contribution in [0.15, 0.2) is 48.0 Å². The van der Waals surface area contributed by atoms with Gasteiger partial charge in [0.15, 0.2) is 0 Å². The molecular weight excluding hydrogens is 320 g/mol. The van der Waals surface area contributed by atoms with Crippen LogP contribution in [0.3, 0.4) is 0 Å². The molecule has 1 N–H and O–H groups in total. The average Bonchev–Trinajstić information content (AvgIpc) is 2.59. The number of aromatic carboxylic acids is 1. The van der Waals surface area contributed by atoms with E-state index in [1.54, 1.807) is 12.1 Å². The van der Waals surface area contributed by atoms with Gasteiger partial charge in [0, 0.05) is 0 Å². The highest BCUT2D eigenvalue weighted by molar-refractivity contribution is 5.88. The van der Waals surface area contributed by atoms with Crippen LogP contribution in [0.1, 0.15) is 73.1 Å². The molecule has 0 atom stereocenters. The van der Waals surface area contributed by atoms with Crippen LogP contribution in [0.4, 0.5) is 0 Å². The first kappa shape index (κ1) is 18.2. The van der Waals surface area contributed by atoms with Crippen molar-refractivity contribution in [2.45, 2.75) is 46.0 Å². The predicted octanol–water partition coefficient (Wildman–Crippen LogP) is 6.42. The topological polar surface area (TPSA) is 37.3 Å². The summed E-state index contributed by atoms with van der Waals surface area (Å²) in [5.41, 5.74) is 8.37. The van der Waals surface area contributed by atoms with E-state index in [0.29, 0.717) is 5.56 Å². The van der Waals surface area contributed by atoms with E-state index in [1.807, 2.05) is 18.2 Å². The number of fused-ring (bicyclic) bond motifs is 1. The van der Waals surface area contributed by atoms with Crippen molar-refractivity contribution >= 4 is 23.7 Å². The number of carboxylic acids is 1. The number of benzene rings is 2. The molecule has 0 radical (unpaired) electrons. The number of allylic oxidation sites excluding steroid dienone is 2. The molecule has 0 aromatic heterocycles. The van der Waals surface area contributed by atoms with Crippen molar-refractivity contribution in [2.24, 2.45) is 0 Å². The summed E-state index contributed by atoms with van der Waals surface area (Å²) < 4.78 is 0. The minimum absolute atomic E-state index is 0.211. The molecule has 3 rings (SSSR count). The van der Waals surface area contributed by atoms with Gasteiger partial charge in [0.2, 0.25) is 0 Å². The van der Waals surface area contributed by atoms with Crippen molar-refractivity contribution in [3.8, 4) is 0 Å². The summed E-state index contributed by atoms with van der Waals surface area (Å²) in [7, 11) is 0. The Hall–Kier alpha value is -2.61. The van der Waals surface area contributed by atoms with Crippen LogP contribution >= 0.6 is 0 Å². The van der Waals surface area contributed by atoms with Crippen LogP contribution in [0.2, 0.25) is 0 Å². The number of hydrogen-bond donors (Lipinski definition) is 1. The second-order valence-corrected chi connectivity index (χ2v) is 7.93. The lowest BCUT2D eigenvalue weighted by atomic mass is 9.70. The zero-order valence-corrected chi connectivity index (χ0v) is 16.0. The van der Waals surface area contributed by atoms with E-state index in [4.69, 9.17) is 5.11 Å². The van der Waals surface area contributed by atoms with Gasteiger partial charge < -0.3 is 5.11 Å². The Kier molecular flexibility index (Phi) is 4.86. The lowest BCUT2D eigenvalue weighted by Gasteiger charge is -2.35. The summed E-state index contributed by atoms with van der Waals surface area (Å²) in [5, 5.41) is 8.99. The first-order valence-electron chi connectivity index (χ1n) is 9.10. The van der Waals surface area contributed by atoms with Gasteiger partial charge in [-0.2, -0.15) is 0 Å². The van der Waals surface area contributed by atoms with E-state index in [1.165, 1.54) is 34.3 Å². The van der Waals surface area contributed by atoms with E-state index in [-0.39, 0.29) is 5.41 Å². The van der Waals surface area contributed by atoms with Gasteiger partial charge >= 0.3 is 5.97 Å². The second-order valence-electron chi connectivity index (χ2n) is 7.93. The molecule has 0 fully saturated rings. The largest absolute Gasteiger partial charge is 0.478 e. The zero-order chi connectivity index (χ0) is 18.9. The lowest BCUT2D eigenvalue weighted by Crippen LogP contribution is -2.23. The van der Waals surface area contributed by atoms with Crippen molar-refractivity contribution in [1.29, 1.82) is 0 Å². The Labute approximate surface area is 155 Å². The van der Waals surface area contributed by atoms with Gasteiger partial charge in [0.05, 0.1) is 5.56 Å². The molecule has 0 spiro atoms. The monoisotopic (exact) mass is 346 g/mol. The van der Waals surface area contributed by atoms with Gasteiger partial charge in [-0.15, -0.1) is 0 Å². The van der Waals surface area contributed by atoms with Crippen LogP contribution in [0.25, 0.3) is 17.7 Å². The summed E-state index contributed by atoms with van der Waals surface area (Å²) in [6, 6.07) is 13.7. The van der Waals surface area contributed by atoms with Gasteiger partial charge in [-0.3, -0.25) is 0 Å². The molecule has 2 aromatic carbocycles. The van der Waals surface area contributed by atoms with Crippen LogP contribution < -0.4 is 0 Å². The van der Waals surface area contributed by atoms with Gasteiger partial charge in [-0.25, -0.2) is 4.79 Å². The molecule has 2 nitrogen and oxygen atoms in total. The molecule has 0 saturated heterocycles. The van der Waals surface area contributed by atoms with E-state index in [9.17, 15) is 4.79 Å². The molecule has 0 amide bonds. The van der Waals surface area contributed by atoms with E-state index < -0.39 is 5.97 Å². The number of rotatable bonds is 3. The van der Waals surface area contributed by atoms with Crippen LogP contribution in [-0.4, -0.2) is 11.1 Å². The van der Waals surface area contributed by atoms with Crippen molar-refractivity contribution < 1.29 is 9.90 Å². The van der Waals surface area contributed by atoms with Gasteiger partial charge in [-0.05, 0) is 78.1 Å². The predicted molar refractivity (Wildman–Crippen MR) is 109 cm³/mol. The Morgan fingerprint density at radius 3 is 2.23 bits per heavy atom. The van der Waals surface area contributed by atoms with Crippen LogP contribution in [0, 0.1) is 0 Å². The van der Waals surface area contributed by atoms with Gasteiger partial charge in [0.25, 0.3) is 0 Å². The molecule has 2 aromatic rings. The third kappa shape index (κ3) is 3.65.